The highest BCUT2D eigenvalue weighted by Crippen LogP contribution is 2.21. The van der Waals surface area contributed by atoms with Crippen molar-refractivity contribution in [3.05, 3.63) is 64.7 Å². The highest BCUT2D eigenvalue weighted by atomic mass is 16.5. The molecule has 0 saturated carbocycles. The van der Waals surface area contributed by atoms with Crippen LogP contribution in [-0.4, -0.2) is 13.0 Å². The average molecular weight is 283 g/mol. The second kappa shape index (κ2) is 6.44. The number of rotatable bonds is 4. The van der Waals surface area contributed by atoms with E-state index in [0.717, 1.165) is 5.56 Å². The van der Waals surface area contributed by atoms with Crippen molar-refractivity contribution in [2.24, 2.45) is 0 Å². The molecule has 0 unspecified atom stereocenters. The van der Waals surface area contributed by atoms with Gasteiger partial charge in [-0.2, -0.15) is 0 Å². The van der Waals surface area contributed by atoms with Gasteiger partial charge in [0.1, 0.15) is 5.75 Å². The highest BCUT2D eigenvalue weighted by molar-refractivity contribution is 5.97. The molecule has 2 rings (SSSR count). The summed E-state index contributed by atoms with van der Waals surface area (Å²) in [6.07, 6.45) is 0. The van der Waals surface area contributed by atoms with E-state index in [1.807, 2.05) is 19.1 Å². The van der Waals surface area contributed by atoms with Gasteiger partial charge in [0.25, 0.3) is 5.91 Å². The van der Waals surface area contributed by atoms with Crippen LogP contribution in [0.5, 0.6) is 5.75 Å². The van der Waals surface area contributed by atoms with Crippen LogP contribution in [0.2, 0.25) is 0 Å². The number of hydrogen-bond acceptors (Lipinski definition) is 2. The first kappa shape index (κ1) is 15.1. The Balaban J connectivity index is 2.19. The SMILES string of the molecule is COc1ccccc1C(=O)N[C@H](C)c1ccc(C)cc1C. The lowest BCUT2D eigenvalue weighted by Gasteiger charge is -2.18. The number of carbonyl (C=O) groups excluding carboxylic acids is 1. The fraction of sp³-hybridized carbons (Fsp3) is 0.278. The maximum atomic E-state index is 12.4. The third-order valence-corrected chi connectivity index (χ3v) is 3.59. The van der Waals surface area contributed by atoms with E-state index in [9.17, 15) is 4.79 Å². The van der Waals surface area contributed by atoms with Crippen LogP contribution in [0.15, 0.2) is 42.5 Å². The van der Waals surface area contributed by atoms with Crippen molar-refractivity contribution in [1.82, 2.24) is 5.32 Å². The Morgan fingerprint density at radius 2 is 1.86 bits per heavy atom. The number of amides is 1. The number of ether oxygens (including phenoxy) is 1. The minimum atomic E-state index is -0.125. The van der Waals surface area contributed by atoms with Gasteiger partial charge in [-0.25, -0.2) is 0 Å². The van der Waals surface area contributed by atoms with Gasteiger partial charge in [0.05, 0.1) is 18.7 Å². The zero-order valence-electron chi connectivity index (χ0n) is 12.9. The van der Waals surface area contributed by atoms with Crippen LogP contribution in [0.4, 0.5) is 0 Å². The van der Waals surface area contributed by atoms with Crippen LogP contribution in [0.25, 0.3) is 0 Å². The predicted molar refractivity (Wildman–Crippen MR) is 84.8 cm³/mol. The molecule has 3 heteroatoms. The largest absolute Gasteiger partial charge is 0.496 e. The molecule has 21 heavy (non-hydrogen) atoms. The summed E-state index contributed by atoms with van der Waals surface area (Å²) < 4.78 is 5.23. The Morgan fingerprint density at radius 3 is 2.52 bits per heavy atom. The number of aryl methyl sites for hydroxylation is 2. The topological polar surface area (TPSA) is 38.3 Å². The normalized spacial score (nSPS) is 11.8. The highest BCUT2D eigenvalue weighted by Gasteiger charge is 2.16. The van der Waals surface area contributed by atoms with E-state index < -0.39 is 0 Å². The molecule has 1 atom stereocenters. The van der Waals surface area contributed by atoms with Crippen LogP contribution < -0.4 is 10.1 Å². The number of carbonyl (C=O) groups is 1. The summed E-state index contributed by atoms with van der Waals surface area (Å²) in [7, 11) is 1.57. The summed E-state index contributed by atoms with van der Waals surface area (Å²) in [4.78, 5) is 12.4. The van der Waals surface area contributed by atoms with Crippen molar-refractivity contribution < 1.29 is 9.53 Å². The van der Waals surface area contributed by atoms with E-state index in [2.05, 4.69) is 37.4 Å². The van der Waals surface area contributed by atoms with E-state index >= 15 is 0 Å². The van der Waals surface area contributed by atoms with Crippen molar-refractivity contribution in [2.75, 3.05) is 7.11 Å². The van der Waals surface area contributed by atoms with Gasteiger partial charge in [-0.05, 0) is 44.0 Å². The molecular weight excluding hydrogens is 262 g/mol. The average Bonchev–Trinajstić information content (AvgIpc) is 2.46. The van der Waals surface area contributed by atoms with E-state index in [1.54, 1.807) is 19.2 Å². The summed E-state index contributed by atoms with van der Waals surface area (Å²) in [5.74, 6) is 0.461. The zero-order chi connectivity index (χ0) is 15.4. The summed E-state index contributed by atoms with van der Waals surface area (Å²) in [6, 6.07) is 13.4. The van der Waals surface area contributed by atoms with Crippen molar-refractivity contribution in [3.8, 4) is 5.75 Å². The molecule has 0 fully saturated rings. The van der Waals surface area contributed by atoms with Crippen LogP contribution in [-0.2, 0) is 0 Å². The van der Waals surface area contributed by atoms with E-state index in [4.69, 9.17) is 4.74 Å². The Bertz CT molecular complexity index is 649. The number of para-hydroxylation sites is 1. The summed E-state index contributed by atoms with van der Waals surface area (Å²) >= 11 is 0. The Labute approximate surface area is 126 Å². The third kappa shape index (κ3) is 3.43. The van der Waals surface area contributed by atoms with Gasteiger partial charge in [-0.3, -0.25) is 4.79 Å². The molecule has 0 saturated heterocycles. The molecule has 0 radical (unpaired) electrons. The Kier molecular flexibility index (Phi) is 4.63. The molecule has 0 heterocycles. The minimum Gasteiger partial charge on any atom is -0.496 e. The number of hydrogen-bond donors (Lipinski definition) is 1. The van der Waals surface area contributed by atoms with E-state index in [-0.39, 0.29) is 11.9 Å². The van der Waals surface area contributed by atoms with Gasteiger partial charge in [0.15, 0.2) is 0 Å². The van der Waals surface area contributed by atoms with Crippen molar-refractivity contribution >= 4 is 5.91 Å². The smallest absolute Gasteiger partial charge is 0.255 e. The molecule has 110 valence electrons. The number of nitrogens with one attached hydrogen (secondary N) is 1. The molecule has 1 N–H and O–H groups in total. The molecule has 2 aromatic carbocycles. The van der Waals surface area contributed by atoms with Crippen molar-refractivity contribution in [3.63, 3.8) is 0 Å². The van der Waals surface area contributed by atoms with Crippen LogP contribution >= 0.6 is 0 Å². The first-order chi connectivity index (χ1) is 10.0. The van der Waals surface area contributed by atoms with Crippen LogP contribution in [0.3, 0.4) is 0 Å². The molecule has 1 amide bonds. The second-order valence-corrected chi connectivity index (χ2v) is 5.26. The fourth-order valence-corrected chi connectivity index (χ4v) is 2.50. The van der Waals surface area contributed by atoms with Crippen molar-refractivity contribution in [1.29, 1.82) is 0 Å². The van der Waals surface area contributed by atoms with Gasteiger partial charge < -0.3 is 10.1 Å². The second-order valence-electron chi connectivity index (χ2n) is 5.26. The van der Waals surface area contributed by atoms with Gasteiger partial charge in [0, 0.05) is 0 Å². The van der Waals surface area contributed by atoms with Crippen molar-refractivity contribution in [2.45, 2.75) is 26.8 Å². The van der Waals surface area contributed by atoms with Gasteiger partial charge in [-0.15, -0.1) is 0 Å². The number of benzene rings is 2. The quantitative estimate of drug-likeness (QED) is 0.926. The summed E-state index contributed by atoms with van der Waals surface area (Å²) in [6.45, 7) is 6.12. The van der Waals surface area contributed by atoms with Crippen LogP contribution in [0, 0.1) is 13.8 Å². The van der Waals surface area contributed by atoms with Crippen LogP contribution in [0.1, 0.15) is 40.0 Å². The predicted octanol–water partition coefficient (Wildman–Crippen LogP) is 3.80. The lowest BCUT2D eigenvalue weighted by molar-refractivity contribution is 0.0937. The minimum absolute atomic E-state index is 0.0528. The molecule has 0 bridgehead atoms. The molecule has 0 aliphatic carbocycles. The number of methoxy groups -OCH3 is 1. The standard InChI is InChI=1S/C18H21NO2/c1-12-9-10-15(13(2)11-12)14(3)19-18(20)16-7-5-6-8-17(16)21-4/h5-11,14H,1-4H3,(H,19,20)/t14-/m1/s1. The first-order valence-electron chi connectivity index (χ1n) is 7.04. The maximum absolute atomic E-state index is 12.4. The lowest BCUT2D eigenvalue weighted by atomic mass is 10.00. The lowest BCUT2D eigenvalue weighted by Crippen LogP contribution is -2.27. The third-order valence-electron chi connectivity index (χ3n) is 3.59. The molecule has 0 aromatic heterocycles. The fourth-order valence-electron chi connectivity index (χ4n) is 2.50. The zero-order valence-corrected chi connectivity index (χ0v) is 12.9. The Hall–Kier alpha value is -2.29. The molecule has 2 aromatic rings. The van der Waals surface area contributed by atoms with Gasteiger partial charge >= 0.3 is 0 Å². The molecule has 0 aliphatic heterocycles. The van der Waals surface area contributed by atoms with Gasteiger partial charge in [-0.1, -0.05) is 35.9 Å². The maximum Gasteiger partial charge on any atom is 0.255 e. The monoisotopic (exact) mass is 283 g/mol. The van der Waals surface area contributed by atoms with E-state index in [0.29, 0.717) is 11.3 Å². The first-order valence-corrected chi connectivity index (χ1v) is 7.04. The summed E-state index contributed by atoms with van der Waals surface area (Å²) in [5.41, 5.74) is 4.09. The molecule has 0 spiro atoms. The molecule has 3 nitrogen and oxygen atoms in total. The van der Waals surface area contributed by atoms with E-state index in [1.165, 1.54) is 11.1 Å². The summed E-state index contributed by atoms with van der Waals surface area (Å²) in [5, 5.41) is 3.03. The van der Waals surface area contributed by atoms with Gasteiger partial charge in [0.2, 0.25) is 0 Å². The Morgan fingerprint density at radius 1 is 1.14 bits per heavy atom. The molecular formula is C18H21NO2. The molecule has 0 aliphatic rings.